The number of hydrogen-bond donors (Lipinski definition) is 2. The maximum absolute atomic E-state index is 13.5. The fourth-order valence-corrected chi connectivity index (χ4v) is 2.56. The standard InChI is InChI=1S/C15H23FN2O7/c1-3-22-8-15(21)5-12(25-11(15)7-24-9-23-4-2)18-6-10(16)13(19)17-14(18)20/h6,11-12,21H,3-5,7-9H2,1-2H3,(H,17,19,20)/t11-,12-,15-/m1/s1. The van der Waals surface area contributed by atoms with Crippen molar-refractivity contribution in [2.75, 3.05) is 33.2 Å². The largest absolute Gasteiger partial charge is 0.384 e. The summed E-state index contributed by atoms with van der Waals surface area (Å²) in [5.41, 5.74) is -3.37. The first-order valence-electron chi connectivity index (χ1n) is 8.03. The molecule has 142 valence electrons. The van der Waals surface area contributed by atoms with E-state index in [-0.39, 0.29) is 26.4 Å². The highest BCUT2D eigenvalue weighted by atomic mass is 19.1. The molecule has 1 aliphatic heterocycles. The third-order valence-corrected chi connectivity index (χ3v) is 3.88. The number of nitrogens with zero attached hydrogens (tertiary/aromatic N) is 1. The van der Waals surface area contributed by atoms with E-state index >= 15 is 0 Å². The molecule has 0 unspecified atom stereocenters. The smallest absolute Gasteiger partial charge is 0.330 e. The Hall–Kier alpha value is -1.59. The van der Waals surface area contributed by atoms with Gasteiger partial charge in [0.1, 0.15) is 24.7 Å². The van der Waals surface area contributed by atoms with Gasteiger partial charge in [-0.15, -0.1) is 0 Å². The molecule has 0 bridgehead atoms. The second-order valence-corrected chi connectivity index (χ2v) is 5.65. The lowest BCUT2D eigenvalue weighted by Crippen LogP contribution is -2.45. The van der Waals surface area contributed by atoms with Crippen LogP contribution in [-0.4, -0.2) is 59.6 Å². The summed E-state index contributed by atoms with van der Waals surface area (Å²) in [4.78, 5) is 24.9. The first-order valence-corrected chi connectivity index (χ1v) is 8.03. The number of H-pyrrole nitrogens is 1. The van der Waals surface area contributed by atoms with Gasteiger partial charge in [0, 0.05) is 19.6 Å². The van der Waals surface area contributed by atoms with Gasteiger partial charge in [-0.1, -0.05) is 0 Å². The van der Waals surface area contributed by atoms with E-state index in [4.69, 9.17) is 18.9 Å². The van der Waals surface area contributed by atoms with Gasteiger partial charge in [0.15, 0.2) is 0 Å². The van der Waals surface area contributed by atoms with Crippen LogP contribution in [0.4, 0.5) is 4.39 Å². The predicted octanol–water partition coefficient (Wildman–Crippen LogP) is -0.259. The van der Waals surface area contributed by atoms with Crippen LogP contribution in [0, 0.1) is 5.82 Å². The van der Waals surface area contributed by atoms with Crippen molar-refractivity contribution >= 4 is 0 Å². The van der Waals surface area contributed by atoms with E-state index in [0.29, 0.717) is 13.2 Å². The summed E-state index contributed by atoms with van der Waals surface area (Å²) in [7, 11) is 0. The third-order valence-electron chi connectivity index (χ3n) is 3.88. The summed E-state index contributed by atoms with van der Waals surface area (Å²) in [5.74, 6) is -1.12. The molecule has 0 spiro atoms. The molecule has 1 saturated heterocycles. The van der Waals surface area contributed by atoms with Gasteiger partial charge in [-0.2, -0.15) is 4.39 Å². The summed E-state index contributed by atoms with van der Waals surface area (Å²) < 4.78 is 35.8. The van der Waals surface area contributed by atoms with E-state index in [0.717, 1.165) is 10.8 Å². The zero-order chi connectivity index (χ0) is 18.4. The fourth-order valence-electron chi connectivity index (χ4n) is 2.56. The van der Waals surface area contributed by atoms with Crippen LogP contribution in [0.2, 0.25) is 0 Å². The number of ether oxygens (including phenoxy) is 4. The van der Waals surface area contributed by atoms with Gasteiger partial charge in [0.05, 0.1) is 19.4 Å². The molecule has 1 aromatic rings. The Bertz CT molecular complexity index is 677. The van der Waals surface area contributed by atoms with Gasteiger partial charge in [-0.3, -0.25) is 14.3 Å². The minimum absolute atomic E-state index is 0.000655. The summed E-state index contributed by atoms with van der Waals surface area (Å²) >= 11 is 0. The van der Waals surface area contributed by atoms with E-state index in [2.05, 4.69) is 0 Å². The molecule has 2 heterocycles. The third kappa shape index (κ3) is 4.73. The highest BCUT2D eigenvalue weighted by molar-refractivity contribution is 4.98. The molecule has 2 rings (SSSR count). The second-order valence-electron chi connectivity index (χ2n) is 5.65. The number of halogens is 1. The van der Waals surface area contributed by atoms with E-state index in [1.165, 1.54) is 0 Å². The average molecular weight is 362 g/mol. The first kappa shape index (κ1) is 19.7. The van der Waals surface area contributed by atoms with Crippen molar-refractivity contribution in [3.63, 3.8) is 0 Å². The molecule has 0 saturated carbocycles. The van der Waals surface area contributed by atoms with E-state index in [1.807, 2.05) is 11.9 Å². The van der Waals surface area contributed by atoms with Gasteiger partial charge in [-0.05, 0) is 13.8 Å². The van der Waals surface area contributed by atoms with Crippen molar-refractivity contribution in [1.29, 1.82) is 0 Å². The number of aliphatic hydroxyl groups is 1. The second kappa shape index (κ2) is 8.68. The van der Waals surface area contributed by atoms with Crippen LogP contribution < -0.4 is 11.2 Å². The number of hydrogen-bond acceptors (Lipinski definition) is 7. The quantitative estimate of drug-likeness (QED) is 0.460. The average Bonchev–Trinajstić information content (AvgIpc) is 2.90. The Labute approximate surface area is 143 Å². The lowest BCUT2D eigenvalue weighted by molar-refractivity contribution is -0.144. The minimum atomic E-state index is -1.43. The molecule has 0 aliphatic carbocycles. The van der Waals surface area contributed by atoms with Crippen molar-refractivity contribution in [3.05, 3.63) is 32.9 Å². The molecular weight excluding hydrogens is 339 g/mol. The van der Waals surface area contributed by atoms with Gasteiger partial charge in [0.25, 0.3) is 5.56 Å². The topological polar surface area (TPSA) is 112 Å². The van der Waals surface area contributed by atoms with Crippen LogP contribution in [0.25, 0.3) is 0 Å². The van der Waals surface area contributed by atoms with Gasteiger partial charge < -0.3 is 24.1 Å². The maximum Gasteiger partial charge on any atom is 0.330 e. The molecule has 2 N–H and O–H groups in total. The molecule has 0 radical (unpaired) electrons. The van der Waals surface area contributed by atoms with E-state index in [9.17, 15) is 19.1 Å². The predicted molar refractivity (Wildman–Crippen MR) is 83.7 cm³/mol. The molecule has 3 atom stereocenters. The molecule has 0 aromatic carbocycles. The monoisotopic (exact) mass is 362 g/mol. The van der Waals surface area contributed by atoms with Gasteiger partial charge >= 0.3 is 5.69 Å². The zero-order valence-electron chi connectivity index (χ0n) is 14.2. The van der Waals surface area contributed by atoms with Crippen LogP contribution in [0.1, 0.15) is 26.5 Å². The van der Waals surface area contributed by atoms with Crippen LogP contribution >= 0.6 is 0 Å². The lowest BCUT2D eigenvalue weighted by atomic mass is 9.96. The van der Waals surface area contributed by atoms with Crippen molar-refractivity contribution in [3.8, 4) is 0 Å². The van der Waals surface area contributed by atoms with Crippen LogP contribution in [0.15, 0.2) is 15.8 Å². The number of aromatic amines is 1. The normalized spacial score (nSPS) is 26.2. The van der Waals surface area contributed by atoms with Crippen molar-refractivity contribution in [2.24, 2.45) is 0 Å². The summed E-state index contributed by atoms with van der Waals surface area (Å²) in [6.07, 6.45) is -1.05. The minimum Gasteiger partial charge on any atom is -0.384 e. The van der Waals surface area contributed by atoms with Gasteiger partial charge in [-0.25, -0.2) is 4.79 Å². The summed E-state index contributed by atoms with van der Waals surface area (Å²) in [5, 5.41) is 10.8. The van der Waals surface area contributed by atoms with Crippen molar-refractivity contribution in [1.82, 2.24) is 9.55 Å². The number of aromatic nitrogens is 2. The van der Waals surface area contributed by atoms with Crippen LogP contribution in [0.5, 0.6) is 0 Å². The van der Waals surface area contributed by atoms with E-state index < -0.39 is 35.0 Å². The van der Waals surface area contributed by atoms with Crippen LogP contribution in [-0.2, 0) is 18.9 Å². The molecule has 0 amide bonds. The Morgan fingerprint density at radius 3 is 2.76 bits per heavy atom. The Balaban J connectivity index is 2.18. The fraction of sp³-hybridized carbons (Fsp3) is 0.733. The molecular formula is C15H23FN2O7. The Morgan fingerprint density at radius 1 is 1.36 bits per heavy atom. The van der Waals surface area contributed by atoms with E-state index in [1.54, 1.807) is 6.92 Å². The lowest BCUT2D eigenvalue weighted by Gasteiger charge is -2.27. The molecule has 10 heteroatoms. The molecule has 9 nitrogen and oxygen atoms in total. The van der Waals surface area contributed by atoms with Crippen molar-refractivity contribution < 1.29 is 28.4 Å². The number of rotatable bonds is 9. The maximum atomic E-state index is 13.5. The summed E-state index contributed by atoms with van der Waals surface area (Å²) in [6.45, 7) is 4.44. The first-order chi connectivity index (χ1) is 11.9. The molecule has 1 aliphatic rings. The highest BCUT2D eigenvalue weighted by Crippen LogP contribution is 2.36. The Kier molecular flexibility index (Phi) is 6.85. The highest BCUT2D eigenvalue weighted by Gasteiger charge is 2.48. The van der Waals surface area contributed by atoms with Gasteiger partial charge in [0.2, 0.25) is 5.82 Å². The SMILES string of the molecule is CCOCOC[C@H]1O[C@@H](n2cc(F)c(=O)[nH]c2=O)C[C@@]1(O)COCC. The van der Waals surface area contributed by atoms with Crippen LogP contribution in [0.3, 0.4) is 0 Å². The molecule has 25 heavy (non-hydrogen) atoms. The zero-order valence-corrected chi connectivity index (χ0v) is 14.2. The molecule has 1 aromatic heterocycles. The van der Waals surface area contributed by atoms with Crippen molar-refractivity contribution in [2.45, 2.75) is 38.2 Å². The number of nitrogens with one attached hydrogen (secondary N) is 1. The molecule has 1 fully saturated rings. The Morgan fingerprint density at radius 2 is 2.08 bits per heavy atom. The summed E-state index contributed by atoms with van der Waals surface area (Å²) in [6, 6.07) is 0.